The number of ether oxygens (including phenoxy) is 1. The van der Waals surface area contributed by atoms with Crippen LogP contribution in [0.5, 0.6) is 0 Å². The van der Waals surface area contributed by atoms with Gasteiger partial charge in [-0.15, -0.1) is 0 Å². The molecular weight excluding hydrogens is 246 g/mol. The molecule has 0 unspecified atom stereocenters. The van der Waals surface area contributed by atoms with E-state index in [0.717, 1.165) is 0 Å². The first-order valence-corrected chi connectivity index (χ1v) is 5.03. The molecule has 0 N–H and O–H groups in total. The van der Waals surface area contributed by atoms with Crippen molar-refractivity contribution in [3.05, 3.63) is 28.5 Å². The smallest absolute Gasteiger partial charge is 0.341 e. The van der Waals surface area contributed by atoms with E-state index in [2.05, 4.69) is 20.9 Å². The molecule has 1 aromatic rings. The predicted molar refractivity (Wildman–Crippen MR) is 57.1 cm³/mol. The van der Waals surface area contributed by atoms with Crippen LogP contribution in [0.3, 0.4) is 0 Å². The molecule has 14 heavy (non-hydrogen) atoms. The summed E-state index contributed by atoms with van der Waals surface area (Å²) in [6.45, 7) is 5.49. The average molecular weight is 258 g/mol. The highest BCUT2D eigenvalue weighted by molar-refractivity contribution is 9.10. The van der Waals surface area contributed by atoms with Crippen molar-refractivity contribution in [1.29, 1.82) is 0 Å². The second-order valence-electron chi connectivity index (χ2n) is 3.84. The number of hydrogen-bond acceptors (Lipinski definition) is 3. The molecule has 76 valence electrons. The second kappa shape index (κ2) is 4.09. The minimum atomic E-state index is -0.480. The van der Waals surface area contributed by atoms with Crippen molar-refractivity contribution < 1.29 is 9.53 Å². The summed E-state index contributed by atoms with van der Waals surface area (Å²) < 4.78 is 5.70. The number of nitrogens with zero attached hydrogens (tertiary/aromatic N) is 1. The quantitative estimate of drug-likeness (QED) is 0.574. The van der Waals surface area contributed by atoms with Crippen LogP contribution >= 0.6 is 15.9 Å². The summed E-state index contributed by atoms with van der Waals surface area (Å²) in [5.74, 6) is -0.363. The lowest BCUT2D eigenvalue weighted by molar-refractivity contribution is 0.00679. The fourth-order valence-corrected chi connectivity index (χ4v) is 1.28. The summed E-state index contributed by atoms with van der Waals surface area (Å²) in [7, 11) is 0. The van der Waals surface area contributed by atoms with Gasteiger partial charge in [0.15, 0.2) is 0 Å². The van der Waals surface area contributed by atoms with E-state index >= 15 is 0 Å². The first-order chi connectivity index (χ1) is 6.40. The lowest BCUT2D eigenvalue weighted by Gasteiger charge is -2.19. The summed E-state index contributed by atoms with van der Waals surface area (Å²) in [5.41, 5.74) is -0.0331. The van der Waals surface area contributed by atoms with Crippen molar-refractivity contribution in [2.45, 2.75) is 26.4 Å². The van der Waals surface area contributed by atoms with Gasteiger partial charge in [0.25, 0.3) is 0 Å². The summed E-state index contributed by atoms with van der Waals surface area (Å²) in [4.78, 5) is 15.5. The van der Waals surface area contributed by atoms with Crippen LogP contribution in [0, 0.1) is 0 Å². The van der Waals surface area contributed by atoms with Gasteiger partial charge in [-0.05, 0) is 48.8 Å². The second-order valence-corrected chi connectivity index (χ2v) is 4.59. The molecule has 1 heterocycles. The van der Waals surface area contributed by atoms with Crippen LogP contribution in [0.2, 0.25) is 0 Å². The van der Waals surface area contributed by atoms with Gasteiger partial charge in [-0.25, -0.2) is 9.78 Å². The Morgan fingerprint density at radius 3 is 2.64 bits per heavy atom. The highest BCUT2D eigenvalue weighted by atomic mass is 79.9. The van der Waals surface area contributed by atoms with E-state index in [1.165, 1.54) is 0 Å². The van der Waals surface area contributed by atoms with Gasteiger partial charge in [0.05, 0.1) is 5.56 Å². The largest absolute Gasteiger partial charge is 0.456 e. The number of hydrogen-bond donors (Lipinski definition) is 0. The van der Waals surface area contributed by atoms with Crippen molar-refractivity contribution >= 4 is 21.9 Å². The number of rotatable bonds is 1. The van der Waals surface area contributed by atoms with E-state index in [0.29, 0.717) is 10.2 Å². The molecule has 0 aliphatic carbocycles. The minimum absolute atomic E-state index is 0.363. The maximum absolute atomic E-state index is 11.6. The SMILES string of the molecule is CC(C)(C)OC(=O)c1cccnc1Br. The van der Waals surface area contributed by atoms with Crippen LogP contribution in [0.1, 0.15) is 31.1 Å². The Morgan fingerprint density at radius 2 is 2.14 bits per heavy atom. The normalized spacial score (nSPS) is 11.1. The lowest BCUT2D eigenvalue weighted by atomic mass is 10.2. The molecule has 0 bridgehead atoms. The van der Waals surface area contributed by atoms with Crippen LogP contribution in [0.4, 0.5) is 0 Å². The van der Waals surface area contributed by atoms with E-state index in [-0.39, 0.29) is 5.97 Å². The Bertz CT molecular complexity index is 344. The number of halogens is 1. The Hall–Kier alpha value is -0.900. The molecule has 0 aromatic carbocycles. The molecule has 0 aliphatic rings. The number of pyridine rings is 1. The van der Waals surface area contributed by atoms with Gasteiger partial charge < -0.3 is 4.74 Å². The molecule has 0 fully saturated rings. The third-order valence-corrected chi connectivity index (χ3v) is 2.01. The highest BCUT2D eigenvalue weighted by Crippen LogP contribution is 2.17. The van der Waals surface area contributed by atoms with Gasteiger partial charge >= 0.3 is 5.97 Å². The molecule has 4 heteroatoms. The van der Waals surface area contributed by atoms with Crippen LogP contribution in [-0.2, 0) is 4.74 Å². The van der Waals surface area contributed by atoms with Gasteiger partial charge in [0.2, 0.25) is 0 Å². The van der Waals surface area contributed by atoms with Crippen LogP contribution in [0.25, 0.3) is 0 Å². The van der Waals surface area contributed by atoms with Crippen molar-refractivity contribution in [2.24, 2.45) is 0 Å². The molecule has 0 saturated carbocycles. The van der Waals surface area contributed by atoms with Gasteiger partial charge in [-0.3, -0.25) is 0 Å². The summed E-state index contributed by atoms with van der Waals surface area (Å²) in [6, 6.07) is 3.37. The van der Waals surface area contributed by atoms with Crippen molar-refractivity contribution in [1.82, 2.24) is 4.98 Å². The molecule has 0 radical (unpaired) electrons. The average Bonchev–Trinajstić information content (AvgIpc) is 2.01. The summed E-state index contributed by atoms with van der Waals surface area (Å²) in [5, 5.41) is 0. The third-order valence-electron chi connectivity index (χ3n) is 1.38. The van der Waals surface area contributed by atoms with E-state index in [9.17, 15) is 4.79 Å². The lowest BCUT2D eigenvalue weighted by Crippen LogP contribution is -2.24. The molecule has 3 nitrogen and oxygen atoms in total. The summed E-state index contributed by atoms with van der Waals surface area (Å²) in [6.07, 6.45) is 1.61. The van der Waals surface area contributed by atoms with Crippen molar-refractivity contribution in [2.75, 3.05) is 0 Å². The van der Waals surface area contributed by atoms with Crippen LogP contribution in [0.15, 0.2) is 22.9 Å². The monoisotopic (exact) mass is 257 g/mol. The number of aromatic nitrogens is 1. The maximum Gasteiger partial charge on any atom is 0.341 e. The zero-order valence-electron chi connectivity index (χ0n) is 8.37. The molecule has 0 atom stereocenters. The van der Waals surface area contributed by atoms with E-state index in [4.69, 9.17) is 4.74 Å². The van der Waals surface area contributed by atoms with E-state index in [1.54, 1.807) is 18.3 Å². The third kappa shape index (κ3) is 3.10. The predicted octanol–water partition coefficient (Wildman–Crippen LogP) is 2.80. The Kier molecular flexibility index (Phi) is 3.26. The van der Waals surface area contributed by atoms with Gasteiger partial charge in [0, 0.05) is 6.20 Å². The van der Waals surface area contributed by atoms with E-state index < -0.39 is 5.60 Å². The maximum atomic E-state index is 11.6. The van der Waals surface area contributed by atoms with Crippen molar-refractivity contribution in [3.8, 4) is 0 Å². The molecule has 0 amide bonds. The molecule has 1 rings (SSSR count). The number of esters is 1. The Labute approximate surface area is 91.6 Å². The van der Waals surface area contributed by atoms with Gasteiger partial charge in [-0.2, -0.15) is 0 Å². The molecule has 1 aromatic heterocycles. The fourth-order valence-electron chi connectivity index (χ4n) is 0.871. The number of carbonyl (C=O) groups excluding carboxylic acids is 1. The van der Waals surface area contributed by atoms with Gasteiger partial charge in [0.1, 0.15) is 10.2 Å². The Morgan fingerprint density at radius 1 is 1.50 bits per heavy atom. The first kappa shape index (κ1) is 11.2. The Balaban J connectivity index is 2.86. The van der Waals surface area contributed by atoms with Gasteiger partial charge in [-0.1, -0.05) is 0 Å². The topological polar surface area (TPSA) is 39.2 Å². The molecule has 0 spiro atoms. The molecule has 0 saturated heterocycles. The van der Waals surface area contributed by atoms with Crippen LogP contribution < -0.4 is 0 Å². The molecule has 0 aliphatic heterocycles. The molecular formula is C10H12BrNO2. The van der Waals surface area contributed by atoms with Crippen molar-refractivity contribution in [3.63, 3.8) is 0 Å². The summed E-state index contributed by atoms with van der Waals surface area (Å²) >= 11 is 3.19. The zero-order chi connectivity index (χ0) is 10.8. The first-order valence-electron chi connectivity index (χ1n) is 4.24. The fraction of sp³-hybridized carbons (Fsp3) is 0.400. The zero-order valence-corrected chi connectivity index (χ0v) is 9.96. The minimum Gasteiger partial charge on any atom is -0.456 e. The standard InChI is InChI=1S/C10H12BrNO2/c1-10(2,3)14-9(13)7-5-4-6-12-8(7)11/h4-6H,1-3H3. The highest BCUT2D eigenvalue weighted by Gasteiger charge is 2.19. The van der Waals surface area contributed by atoms with Crippen LogP contribution in [-0.4, -0.2) is 16.6 Å². The number of carbonyl (C=O) groups is 1. The van der Waals surface area contributed by atoms with E-state index in [1.807, 2.05) is 20.8 Å².